The van der Waals surface area contributed by atoms with E-state index in [1.54, 1.807) is 24.4 Å². The second kappa shape index (κ2) is 13.0. The van der Waals surface area contributed by atoms with E-state index in [1.807, 2.05) is 37.3 Å². The number of rotatable bonds is 11. The largest absolute Gasteiger partial charge is 0.463 e. The van der Waals surface area contributed by atoms with Crippen molar-refractivity contribution in [2.75, 3.05) is 33.0 Å². The summed E-state index contributed by atoms with van der Waals surface area (Å²) in [6, 6.07) is 17.4. The minimum absolute atomic E-state index is 0.00118. The van der Waals surface area contributed by atoms with E-state index in [2.05, 4.69) is 20.3 Å². The Morgan fingerprint density at radius 3 is 2.61 bits per heavy atom. The molecule has 10 nitrogen and oxygen atoms in total. The predicted molar refractivity (Wildman–Crippen MR) is 148 cm³/mol. The zero-order valence-corrected chi connectivity index (χ0v) is 22.7. The van der Waals surface area contributed by atoms with Gasteiger partial charge in [-0.15, -0.1) is 0 Å². The molecule has 0 radical (unpaired) electrons. The molecule has 0 saturated carbocycles. The van der Waals surface area contributed by atoms with E-state index in [1.165, 1.54) is 12.1 Å². The van der Waals surface area contributed by atoms with E-state index in [0.717, 1.165) is 5.56 Å². The van der Waals surface area contributed by atoms with E-state index >= 15 is 0 Å². The summed E-state index contributed by atoms with van der Waals surface area (Å²) < 4.78 is 31.4. The molecule has 0 bridgehead atoms. The fourth-order valence-electron chi connectivity index (χ4n) is 4.34. The average Bonchev–Trinajstić information content (AvgIpc) is 3.43. The number of aromatic nitrogens is 4. The molecule has 3 N–H and O–H groups in total. The van der Waals surface area contributed by atoms with Crippen LogP contribution in [0.2, 0.25) is 0 Å². The summed E-state index contributed by atoms with van der Waals surface area (Å²) in [5.74, 6) is 0.00123. The van der Waals surface area contributed by atoms with Gasteiger partial charge in [0.25, 0.3) is 0 Å². The van der Waals surface area contributed by atoms with Crippen molar-refractivity contribution in [1.29, 1.82) is 0 Å². The third kappa shape index (κ3) is 7.31. The lowest BCUT2D eigenvalue weighted by atomic mass is 9.92. The lowest BCUT2D eigenvalue weighted by Gasteiger charge is -2.36. The third-order valence-corrected chi connectivity index (χ3v) is 6.57. The van der Waals surface area contributed by atoms with Crippen molar-refractivity contribution in [3.05, 3.63) is 84.1 Å². The molecule has 214 valence electrons. The molecule has 5 rings (SSSR count). The van der Waals surface area contributed by atoms with Crippen LogP contribution in [0, 0.1) is 11.2 Å². The zero-order chi connectivity index (χ0) is 28.7. The number of benzene rings is 2. The lowest BCUT2D eigenvalue weighted by molar-refractivity contribution is -0.232. The van der Waals surface area contributed by atoms with Gasteiger partial charge in [-0.25, -0.2) is 14.4 Å². The van der Waals surface area contributed by atoms with Crippen molar-refractivity contribution in [3.63, 3.8) is 0 Å². The molecule has 1 aliphatic heterocycles. The van der Waals surface area contributed by atoms with Gasteiger partial charge in [0, 0.05) is 36.7 Å². The highest BCUT2D eigenvalue weighted by atomic mass is 19.1. The molecular formula is C30H32FN5O5. The molecule has 0 atom stereocenters. The standard InChI is InChI=1S/C30H32FN5O5/c1-30(17-33-24(38)16-20-6-3-2-4-7-20)18-40-28(41-19-30)27-35-25(21-8-10-22(31)11-9-21)26(36-27)23-12-13-32-29(34-23)39-15-5-14-37/h2-4,6-13,28,37H,5,14-19H2,1H3,(H,33,38)(H,35,36). The fourth-order valence-corrected chi connectivity index (χ4v) is 4.34. The lowest BCUT2D eigenvalue weighted by Crippen LogP contribution is -2.45. The summed E-state index contributed by atoms with van der Waals surface area (Å²) in [5.41, 5.74) is 2.81. The van der Waals surface area contributed by atoms with Crippen LogP contribution in [-0.4, -0.2) is 63.9 Å². The number of carbonyl (C=O) groups is 1. The van der Waals surface area contributed by atoms with Gasteiger partial charge in [-0.05, 0) is 35.9 Å². The summed E-state index contributed by atoms with van der Waals surface area (Å²) in [6.07, 6.45) is 1.55. The van der Waals surface area contributed by atoms with E-state index in [-0.39, 0.29) is 30.9 Å². The molecule has 0 spiro atoms. The van der Waals surface area contributed by atoms with Gasteiger partial charge in [-0.2, -0.15) is 4.98 Å². The number of H-pyrrole nitrogens is 1. The highest BCUT2D eigenvalue weighted by Crippen LogP contribution is 2.35. The van der Waals surface area contributed by atoms with Gasteiger partial charge in [-0.3, -0.25) is 4.79 Å². The Labute approximate surface area is 236 Å². The van der Waals surface area contributed by atoms with Gasteiger partial charge in [0.05, 0.1) is 43.3 Å². The molecule has 41 heavy (non-hydrogen) atoms. The smallest absolute Gasteiger partial charge is 0.316 e. The fraction of sp³-hybridized carbons (Fsp3) is 0.333. The average molecular weight is 562 g/mol. The summed E-state index contributed by atoms with van der Waals surface area (Å²) in [5, 5.41) is 12.0. The van der Waals surface area contributed by atoms with Crippen molar-refractivity contribution in [2.24, 2.45) is 5.41 Å². The molecule has 4 aromatic rings. The normalized spacial score (nSPS) is 18.7. The number of nitrogens with one attached hydrogen (secondary N) is 2. The molecule has 1 amide bonds. The van der Waals surface area contributed by atoms with Crippen LogP contribution < -0.4 is 10.1 Å². The summed E-state index contributed by atoms with van der Waals surface area (Å²) >= 11 is 0. The maximum Gasteiger partial charge on any atom is 0.316 e. The Morgan fingerprint density at radius 1 is 1.12 bits per heavy atom. The topological polar surface area (TPSA) is 131 Å². The van der Waals surface area contributed by atoms with Gasteiger partial charge in [0.2, 0.25) is 12.2 Å². The highest BCUT2D eigenvalue weighted by molar-refractivity contribution is 5.78. The number of ether oxygens (including phenoxy) is 3. The number of amides is 1. The minimum atomic E-state index is -0.779. The molecule has 2 aromatic carbocycles. The van der Waals surface area contributed by atoms with Crippen molar-refractivity contribution < 1.29 is 28.5 Å². The Morgan fingerprint density at radius 2 is 1.88 bits per heavy atom. The second-order valence-corrected chi connectivity index (χ2v) is 10.2. The first-order chi connectivity index (χ1) is 19.9. The molecule has 2 aromatic heterocycles. The Kier molecular flexibility index (Phi) is 8.98. The monoisotopic (exact) mass is 561 g/mol. The Bertz CT molecular complexity index is 1440. The number of aliphatic hydroxyl groups is 1. The molecule has 1 aliphatic rings. The summed E-state index contributed by atoms with van der Waals surface area (Å²) in [4.78, 5) is 29.1. The summed E-state index contributed by atoms with van der Waals surface area (Å²) in [6.45, 7) is 3.33. The molecular weight excluding hydrogens is 529 g/mol. The zero-order valence-electron chi connectivity index (χ0n) is 22.7. The molecule has 0 aliphatic carbocycles. The minimum Gasteiger partial charge on any atom is -0.463 e. The van der Waals surface area contributed by atoms with Crippen LogP contribution in [0.5, 0.6) is 6.01 Å². The van der Waals surface area contributed by atoms with Crippen molar-refractivity contribution in [2.45, 2.75) is 26.1 Å². The van der Waals surface area contributed by atoms with Crippen LogP contribution in [0.3, 0.4) is 0 Å². The highest BCUT2D eigenvalue weighted by Gasteiger charge is 2.35. The molecule has 1 saturated heterocycles. The predicted octanol–water partition coefficient (Wildman–Crippen LogP) is 3.84. The summed E-state index contributed by atoms with van der Waals surface area (Å²) in [7, 11) is 0. The van der Waals surface area contributed by atoms with Crippen LogP contribution in [-0.2, 0) is 20.7 Å². The molecule has 11 heteroatoms. The Hall–Kier alpha value is -4.19. The number of imidazole rings is 1. The third-order valence-electron chi connectivity index (χ3n) is 6.57. The number of hydrogen-bond donors (Lipinski definition) is 3. The van der Waals surface area contributed by atoms with E-state index < -0.39 is 11.7 Å². The number of halogens is 1. The first-order valence-corrected chi connectivity index (χ1v) is 13.4. The number of hydrogen-bond acceptors (Lipinski definition) is 8. The van der Waals surface area contributed by atoms with Crippen LogP contribution in [0.1, 0.15) is 31.0 Å². The number of nitrogens with zero attached hydrogens (tertiary/aromatic N) is 3. The van der Waals surface area contributed by atoms with Crippen LogP contribution >= 0.6 is 0 Å². The maximum absolute atomic E-state index is 13.7. The number of aromatic amines is 1. The van der Waals surface area contributed by atoms with Gasteiger partial charge in [0.15, 0.2) is 5.82 Å². The van der Waals surface area contributed by atoms with E-state index in [9.17, 15) is 9.18 Å². The first kappa shape index (κ1) is 28.3. The number of carbonyl (C=O) groups excluding carboxylic acids is 1. The molecule has 0 unspecified atom stereocenters. The van der Waals surface area contributed by atoms with Crippen molar-refractivity contribution in [1.82, 2.24) is 25.3 Å². The van der Waals surface area contributed by atoms with Gasteiger partial charge in [0.1, 0.15) is 5.82 Å². The van der Waals surface area contributed by atoms with Crippen LogP contribution in [0.15, 0.2) is 66.9 Å². The van der Waals surface area contributed by atoms with E-state index in [0.29, 0.717) is 61.1 Å². The first-order valence-electron chi connectivity index (χ1n) is 13.4. The SMILES string of the molecule is CC1(CNC(=O)Cc2ccccc2)COC(c2nc(-c3ccc(F)cc3)c(-c3ccnc(OCCCO)n3)[nH]2)OC1. The molecule has 3 heterocycles. The van der Waals surface area contributed by atoms with E-state index in [4.69, 9.17) is 24.3 Å². The quantitative estimate of drug-likeness (QED) is 0.236. The maximum atomic E-state index is 13.7. The van der Waals surface area contributed by atoms with Crippen molar-refractivity contribution >= 4 is 5.91 Å². The van der Waals surface area contributed by atoms with Crippen LogP contribution in [0.25, 0.3) is 22.6 Å². The Balaban J connectivity index is 1.30. The second-order valence-electron chi connectivity index (χ2n) is 10.2. The van der Waals surface area contributed by atoms with Crippen molar-refractivity contribution in [3.8, 4) is 28.7 Å². The van der Waals surface area contributed by atoms with Crippen LogP contribution in [0.4, 0.5) is 4.39 Å². The van der Waals surface area contributed by atoms with Gasteiger partial charge >= 0.3 is 6.01 Å². The molecule has 1 fully saturated rings. The van der Waals surface area contributed by atoms with Gasteiger partial charge in [-0.1, -0.05) is 37.3 Å². The number of aliphatic hydroxyl groups excluding tert-OH is 1. The van der Waals surface area contributed by atoms with Gasteiger partial charge < -0.3 is 29.6 Å².